The zero-order valence-electron chi connectivity index (χ0n) is 7.88. The highest BCUT2D eigenvalue weighted by atomic mass is 15.5. The summed E-state index contributed by atoms with van der Waals surface area (Å²) in [4.78, 5) is 0. The van der Waals surface area contributed by atoms with E-state index in [1.54, 1.807) is 11.0 Å². The molecule has 2 aromatic rings. The summed E-state index contributed by atoms with van der Waals surface area (Å²) in [5.74, 6) is 0. The number of hydrogen-bond acceptors (Lipinski definition) is 4. The summed E-state index contributed by atoms with van der Waals surface area (Å²) in [5.41, 5.74) is 2.06. The molecule has 0 radical (unpaired) electrons. The van der Waals surface area contributed by atoms with Crippen molar-refractivity contribution in [2.75, 3.05) is 11.9 Å². The lowest BCUT2D eigenvalue weighted by atomic mass is 10.3. The molecular weight excluding hydrogens is 178 g/mol. The van der Waals surface area contributed by atoms with Crippen molar-refractivity contribution in [2.45, 2.75) is 6.92 Å². The number of anilines is 1. The molecule has 0 saturated carbocycles. The predicted octanol–water partition coefficient (Wildman–Crippen LogP) is 1.09. The molecule has 14 heavy (non-hydrogen) atoms. The van der Waals surface area contributed by atoms with Gasteiger partial charge in [0.15, 0.2) is 0 Å². The van der Waals surface area contributed by atoms with Gasteiger partial charge in [0.25, 0.3) is 0 Å². The number of hydrogen-bond donors (Lipinski definition) is 1. The largest absolute Gasteiger partial charge is 0.385 e. The number of nitrogens with one attached hydrogen (secondary N) is 1. The molecule has 1 aromatic carbocycles. The van der Waals surface area contributed by atoms with Crippen LogP contribution in [0.25, 0.3) is 5.69 Å². The smallest absolute Gasteiger partial charge is 0.143 e. The zero-order valence-corrected chi connectivity index (χ0v) is 7.88. The van der Waals surface area contributed by atoms with Crippen LogP contribution in [0.4, 0.5) is 5.69 Å². The topological polar surface area (TPSA) is 55.6 Å². The van der Waals surface area contributed by atoms with Crippen molar-refractivity contribution in [3.8, 4) is 5.69 Å². The van der Waals surface area contributed by atoms with Crippen molar-refractivity contribution in [1.82, 2.24) is 20.2 Å². The third-order valence-electron chi connectivity index (χ3n) is 1.86. The Balaban J connectivity index is 2.22. The number of rotatable bonds is 3. The van der Waals surface area contributed by atoms with Crippen molar-refractivity contribution >= 4 is 5.69 Å². The van der Waals surface area contributed by atoms with Crippen molar-refractivity contribution < 1.29 is 0 Å². The van der Waals surface area contributed by atoms with Crippen molar-refractivity contribution in [1.29, 1.82) is 0 Å². The van der Waals surface area contributed by atoms with Crippen LogP contribution in [0, 0.1) is 0 Å². The van der Waals surface area contributed by atoms with Gasteiger partial charge < -0.3 is 5.32 Å². The Morgan fingerprint density at radius 2 is 2.07 bits per heavy atom. The molecule has 1 aromatic heterocycles. The fourth-order valence-corrected chi connectivity index (χ4v) is 1.22. The molecule has 0 fully saturated rings. The van der Waals surface area contributed by atoms with Gasteiger partial charge in [-0.05, 0) is 41.6 Å². The van der Waals surface area contributed by atoms with Gasteiger partial charge in [-0.1, -0.05) is 0 Å². The monoisotopic (exact) mass is 189 g/mol. The molecule has 2 rings (SSSR count). The van der Waals surface area contributed by atoms with Gasteiger partial charge in [0.1, 0.15) is 6.33 Å². The summed E-state index contributed by atoms with van der Waals surface area (Å²) >= 11 is 0. The lowest BCUT2D eigenvalue weighted by molar-refractivity contribution is 0.789. The summed E-state index contributed by atoms with van der Waals surface area (Å²) in [7, 11) is 0. The van der Waals surface area contributed by atoms with E-state index in [1.165, 1.54) is 0 Å². The van der Waals surface area contributed by atoms with E-state index in [0.29, 0.717) is 0 Å². The summed E-state index contributed by atoms with van der Waals surface area (Å²) in [6.45, 7) is 2.99. The molecule has 72 valence electrons. The summed E-state index contributed by atoms with van der Waals surface area (Å²) in [5, 5.41) is 14.2. The van der Waals surface area contributed by atoms with E-state index in [9.17, 15) is 0 Å². The number of nitrogens with zero attached hydrogens (tertiary/aromatic N) is 4. The molecule has 5 nitrogen and oxygen atoms in total. The molecule has 0 atom stereocenters. The quantitative estimate of drug-likeness (QED) is 0.785. The summed E-state index contributed by atoms with van der Waals surface area (Å²) in [6, 6.07) is 7.93. The Labute approximate surface area is 81.8 Å². The molecular formula is C9H11N5. The van der Waals surface area contributed by atoms with Crippen LogP contribution in [-0.4, -0.2) is 26.8 Å². The maximum Gasteiger partial charge on any atom is 0.143 e. The van der Waals surface area contributed by atoms with E-state index >= 15 is 0 Å². The van der Waals surface area contributed by atoms with Gasteiger partial charge in [0.05, 0.1) is 5.69 Å². The van der Waals surface area contributed by atoms with Crippen molar-refractivity contribution in [3.63, 3.8) is 0 Å². The van der Waals surface area contributed by atoms with Crippen LogP contribution in [0.2, 0.25) is 0 Å². The molecule has 0 unspecified atom stereocenters. The second kappa shape index (κ2) is 3.87. The summed E-state index contributed by atoms with van der Waals surface area (Å²) < 4.78 is 1.62. The molecule has 5 heteroatoms. The highest BCUT2D eigenvalue weighted by Gasteiger charge is 1.96. The Morgan fingerprint density at radius 3 is 2.64 bits per heavy atom. The first-order valence-electron chi connectivity index (χ1n) is 4.47. The van der Waals surface area contributed by atoms with Crippen LogP contribution < -0.4 is 5.32 Å². The number of aromatic nitrogens is 4. The fourth-order valence-electron chi connectivity index (χ4n) is 1.22. The second-order valence-corrected chi connectivity index (χ2v) is 2.83. The molecule has 1 heterocycles. The van der Waals surface area contributed by atoms with Gasteiger partial charge >= 0.3 is 0 Å². The van der Waals surface area contributed by atoms with Crippen LogP contribution in [-0.2, 0) is 0 Å². The number of tetrazole rings is 1. The predicted molar refractivity (Wildman–Crippen MR) is 53.3 cm³/mol. The minimum Gasteiger partial charge on any atom is -0.385 e. The highest BCUT2D eigenvalue weighted by molar-refractivity contribution is 5.48. The van der Waals surface area contributed by atoms with Crippen LogP contribution in [0.3, 0.4) is 0 Å². The molecule has 0 aliphatic heterocycles. The normalized spacial score (nSPS) is 10.1. The molecule has 0 aliphatic rings. The van der Waals surface area contributed by atoms with Gasteiger partial charge in [-0.3, -0.25) is 0 Å². The third kappa shape index (κ3) is 1.71. The molecule has 0 bridgehead atoms. The molecule has 0 saturated heterocycles. The van der Waals surface area contributed by atoms with E-state index in [2.05, 4.69) is 27.8 Å². The average Bonchev–Trinajstić information content (AvgIpc) is 2.72. The van der Waals surface area contributed by atoms with Gasteiger partial charge in [-0.2, -0.15) is 0 Å². The molecule has 1 N–H and O–H groups in total. The Morgan fingerprint density at radius 1 is 1.29 bits per heavy atom. The van der Waals surface area contributed by atoms with Gasteiger partial charge in [0.2, 0.25) is 0 Å². The first kappa shape index (κ1) is 8.68. The first-order chi connectivity index (χ1) is 6.90. The van der Waals surface area contributed by atoms with Crippen LogP contribution in [0.15, 0.2) is 30.6 Å². The van der Waals surface area contributed by atoms with E-state index < -0.39 is 0 Å². The maximum absolute atomic E-state index is 3.80. The van der Waals surface area contributed by atoms with E-state index in [-0.39, 0.29) is 0 Å². The van der Waals surface area contributed by atoms with Gasteiger partial charge in [-0.25, -0.2) is 4.68 Å². The number of benzene rings is 1. The zero-order chi connectivity index (χ0) is 9.80. The molecule has 0 amide bonds. The van der Waals surface area contributed by atoms with Crippen LogP contribution in [0.5, 0.6) is 0 Å². The Hall–Kier alpha value is -1.91. The van der Waals surface area contributed by atoms with E-state index in [0.717, 1.165) is 17.9 Å². The second-order valence-electron chi connectivity index (χ2n) is 2.83. The SMILES string of the molecule is CCNc1ccc(-n2cnnn2)cc1. The molecule has 0 spiro atoms. The summed E-state index contributed by atoms with van der Waals surface area (Å²) in [6.07, 6.45) is 1.57. The Bertz CT molecular complexity index is 378. The highest BCUT2D eigenvalue weighted by Crippen LogP contribution is 2.11. The van der Waals surface area contributed by atoms with Gasteiger partial charge in [0, 0.05) is 12.2 Å². The maximum atomic E-state index is 3.80. The lowest BCUT2D eigenvalue weighted by Gasteiger charge is -2.03. The van der Waals surface area contributed by atoms with Crippen molar-refractivity contribution in [2.24, 2.45) is 0 Å². The molecule has 0 aliphatic carbocycles. The van der Waals surface area contributed by atoms with Crippen LogP contribution in [0.1, 0.15) is 6.92 Å². The van der Waals surface area contributed by atoms with Gasteiger partial charge in [-0.15, -0.1) is 5.10 Å². The lowest BCUT2D eigenvalue weighted by Crippen LogP contribution is -1.98. The fraction of sp³-hybridized carbons (Fsp3) is 0.222. The third-order valence-corrected chi connectivity index (χ3v) is 1.86. The minimum atomic E-state index is 0.921. The Kier molecular flexibility index (Phi) is 2.40. The van der Waals surface area contributed by atoms with E-state index in [1.807, 2.05) is 24.3 Å². The first-order valence-corrected chi connectivity index (χ1v) is 4.47. The minimum absolute atomic E-state index is 0.921. The van der Waals surface area contributed by atoms with E-state index in [4.69, 9.17) is 0 Å². The average molecular weight is 189 g/mol. The van der Waals surface area contributed by atoms with Crippen molar-refractivity contribution in [3.05, 3.63) is 30.6 Å². The standard InChI is InChI=1S/C9H11N5/c1-2-10-8-3-5-9(6-4-8)14-7-11-12-13-14/h3-7,10H,2H2,1H3. The van der Waals surface area contributed by atoms with Crippen LogP contribution >= 0.6 is 0 Å².